The smallest absolute Gasteiger partial charge is 0.240 e. The molecule has 130 valence electrons. The van der Waals surface area contributed by atoms with Crippen LogP contribution in [-0.2, 0) is 16.4 Å². The van der Waals surface area contributed by atoms with Crippen LogP contribution in [0.25, 0.3) is 10.9 Å². The number of rotatable bonds is 7. The number of H-pyrrole nitrogens is 1. The summed E-state index contributed by atoms with van der Waals surface area (Å²) in [5.41, 5.74) is 2.13. The molecule has 2 aromatic carbocycles. The zero-order chi connectivity index (χ0) is 17.9. The minimum atomic E-state index is -3.60. The Morgan fingerprint density at radius 2 is 2.00 bits per heavy atom. The molecule has 0 spiro atoms. The molecule has 2 N–H and O–H groups in total. The van der Waals surface area contributed by atoms with Crippen LogP contribution in [0.1, 0.15) is 12.0 Å². The number of halogens is 1. The monoisotopic (exact) mass is 418 g/mol. The second-order valence-corrected chi connectivity index (χ2v) is 8.49. The predicted molar refractivity (Wildman–Crippen MR) is 105 cm³/mol. The molecular formula is C19H19BrN2O2S. The summed E-state index contributed by atoms with van der Waals surface area (Å²) in [5, 5.41) is 1.11. The molecule has 0 bridgehead atoms. The van der Waals surface area contributed by atoms with Crippen LogP contribution in [0.5, 0.6) is 0 Å². The van der Waals surface area contributed by atoms with Crippen LogP contribution in [0.2, 0.25) is 0 Å². The zero-order valence-corrected chi connectivity index (χ0v) is 16.0. The molecule has 0 saturated heterocycles. The number of benzene rings is 2. The molecule has 4 nitrogen and oxygen atoms in total. The van der Waals surface area contributed by atoms with E-state index in [-0.39, 0.29) is 10.9 Å². The maximum absolute atomic E-state index is 12.7. The summed E-state index contributed by atoms with van der Waals surface area (Å²) < 4.78 is 28.9. The summed E-state index contributed by atoms with van der Waals surface area (Å²) in [6, 6.07) is 14.4. The Morgan fingerprint density at radius 1 is 1.20 bits per heavy atom. The number of hydrogen-bond donors (Lipinski definition) is 2. The molecular weight excluding hydrogens is 400 g/mol. The first-order valence-corrected chi connectivity index (χ1v) is 10.2. The third-order valence-electron chi connectivity index (χ3n) is 4.02. The fourth-order valence-electron chi connectivity index (χ4n) is 2.86. The van der Waals surface area contributed by atoms with Crippen LogP contribution < -0.4 is 4.72 Å². The summed E-state index contributed by atoms with van der Waals surface area (Å²) in [6.07, 6.45) is 4.81. The molecule has 0 amide bonds. The zero-order valence-electron chi connectivity index (χ0n) is 13.6. The highest BCUT2D eigenvalue weighted by Gasteiger charge is 2.20. The lowest BCUT2D eigenvalue weighted by molar-refractivity contribution is 0.547. The van der Waals surface area contributed by atoms with Crippen molar-refractivity contribution < 1.29 is 8.42 Å². The molecule has 0 aliphatic carbocycles. The van der Waals surface area contributed by atoms with Gasteiger partial charge >= 0.3 is 0 Å². The van der Waals surface area contributed by atoms with E-state index >= 15 is 0 Å². The van der Waals surface area contributed by atoms with Crippen molar-refractivity contribution in [2.45, 2.75) is 23.8 Å². The number of aromatic nitrogens is 1. The topological polar surface area (TPSA) is 62.0 Å². The van der Waals surface area contributed by atoms with Crippen molar-refractivity contribution in [3.05, 3.63) is 77.4 Å². The van der Waals surface area contributed by atoms with E-state index in [9.17, 15) is 8.42 Å². The van der Waals surface area contributed by atoms with Gasteiger partial charge < -0.3 is 4.98 Å². The van der Waals surface area contributed by atoms with E-state index in [0.29, 0.717) is 12.8 Å². The third kappa shape index (κ3) is 4.21. The fourth-order valence-corrected chi connectivity index (χ4v) is 4.71. The lowest BCUT2D eigenvalue weighted by atomic mass is 10.0. The van der Waals surface area contributed by atoms with Crippen LogP contribution in [0.15, 0.2) is 76.8 Å². The predicted octanol–water partition coefficient (Wildman–Crippen LogP) is 4.40. The number of nitrogens with one attached hydrogen (secondary N) is 2. The average Bonchev–Trinajstić information content (AvgIpc) is 2.98. The fraction of sp³-hybridized carbons (Fsp3) is 0.158. The first kappa shape index (κ1) is 17.9. The Hall–Kier alpha value is -1.89. The molecule has 0 aliphatic rings. The average molecular weight is 419 g/mol. The van der Waals surface area contributed by atoms with E-state index in [0.717, 1.165) is 20.9 Å². The van der Waals surface area contributed by atoms with Crippen molar-refractivity contribution >= 4 is 36.9 Å². The standard InChI is InChI=1S/C19H19BrN2O2S/c1-2-6-16(11-14-13-21-19-10-4-3-9-18(14)19)22-25(23,24)17-8-5-7-15(20)12-17/h2-5,7-10,12-13,16,21-22H,1,6,11H2/t16-/m0/s1. The Kier molecular flexibility index (Phi) is 5.42. The normalized spacial score (nSPS) is 13.0. The molecule has 25 heavy (non-hydrogen) atoms. The van der Waals surface area contributed by atoms with Gasteiger partial charge in [0.1, 0.15) is 0 Å². The maximum atomic E-state index is 12.7. The Morgan fingerprint density at radius 3 is 2.76 bits per heavy atom. The number of fused-ring (bicyclic) bond motifs is 1. The maximum Gasteiger partial charge on any atom is 0.240 e. The van der Waals surface area contributed by atoms with Crippen LogP contribution in [0, 0.1) is 0 Å². The second-order valence-electron chi connectivity index (χ2n) is 5.86. The van der Waals surface area contributed by atoms with Crippen LogP contribution >= 0.6 is 15.9 Å². The van der Waals surface area contributed by atoms with Gasteiger partial charge in [0, 0.05) is 27.6 Å². The summed E-state index contributed by atoms with van der Waals surface area (Å²) in [5.74, 6) is 0. The van der Waals surface area contributed by atoms with Crippen LogP contribution in [-0.4, -0.2) is 19.4 Å². The molecule has 3 rings (SSSR count). The third-order valence-corrected chi connectivity index (χ3v) is 6.03. The van der Waals surface area contributed by atoms with Gasteiger partial charge in [0.2, 0.25) is 10.0 Å². The Labute approximate surface area is 156 Å². The van der Waals surface area contributed by atoms with Crippen molar-refractivity contribution in [1.82, 2.24) is 9.71 Å². The number of para-hydroxylation sites is 1. The first-order valence-electron chi connectivity index (χ1n) is 7.93. The quantitative estimate of drug-likeness (QED) is 0.558. The van der Waals surface area contributed by atoms with E-state index < -0.39 is 10.0 Å². The van der Waals surface area contributed by atoms with E-state index in [4.69, 9.17) is 0 Å². The van der Waals surface area contributed by atoms with Gasteiger partial charge in [0.25, 0.3) is 0 Å². The highest BCUT2D eigenvalue weighted by atomic mass is 79.9. The van der Waals surface area contributed by atoms with Gasteiger partial charge in [-0.2, -0.15) is 0 Å². The minimum Gasteiger partial charge on any atom is -0.361 e. The molecule has 0 saturated carbocycles. The van der Waals surface area contributed by atoms with Crippen molar-refractivity contribution in [3.63, 3.8) is 0 Å². The van der Waals surface area contributed by atoms with E-state index in [1.165, 1.54) is 0 Å². The van der Waals surface area contributed by atoms with Crippen molar-refractivity contribution in [3.8, 4) is 0 Å². The summed E-state index contributed by atoms with van der Waals surface area (Å²) in [4.78, 5) is 3.47. The van der Waals surface area contributed by atoms with Crippen LogP contribution in [0.3, 0.4) is 0 Å². The van der Waals surface area contributed by atoms with Crippen molar-refractivity contribution in [2.24, 2.45) is 0 Å². The van der Waals surface area contributed by atoms with Gasteiger partial charge in [-0.15, -0.1) is 6.58 Å². The minimum absolute atomic E-state index is 0.245. The molecule has 1 heterocycles. The molecule has 6 heteroatoms. The first-order chi connectivity index (χ1) is 12.0. The largest absolute Gasteiger partial charge is 0.361 e. The number of aromatic amines is 1. The lowest BCUT2D eigenvalue weighted by Crippen LogP contribution is -2.36. The van der Waals surface area contributed by atoms with Gasteiger partial charge in [-0.3, -0.25) is 0 Å². The van der Waals surface area contributed by atoms with Gasteiger partial charge in [-0.25, -0.2) is 13.1 Å². The lowest BCUT2D eigenvalue weighted by Gasteiger charge is -2.17. The second kappa shape index (κ2) is 7.56. The molecule has 1 aromatic heterocycles. The number of hydrogen-bond acceptors (Lipinski definition) is 2. The molecule has 3 aromatic rings. The van der Waals surface area contributed by atoms with Gasteiger partial charge in [-0.1, -0.05) is 46.3 Å². The summed E-state index contributed by atoms with van der Waals surface area (Å²) in [7, 11) is -3.60. The van der Waals surface area contributed by atoms with Gasteiger partial charge in [-0.05, 0) is 42.7 Å². The Bertz CT molecular complexity index is 995. The van der Waals surface area contributed by atoms with E-state index in [1.807, 2.05) is 30.5 Å². The molecule has 0 radical (unpaired) electrons. The summed E-state index contributed by atoms with van der Waals surface area (Å²) >= 11 is 3.31. The molecule has 0 unspecified atom stereocenters. The summed E-state index contributed by atoms with van der Waals surface area (Å²) in [6.45, 7) is 3.76. The highest BCUT2D eigenvalue weighted by Crippen LogP contribution is 2.21. The van der Waals surface area contributed by atoms with E-state index in [2.05, 4.69) is 32.2 Å². The van der Waals surface area contributed by atoms with Crippen molar-refractivity contribution in [1.29, 1.82) is 0 Å². The van der Waals surface area contributed by atoms with Crippen LogP contribution in [0.4, 0.5) is 0 Å². The number of sulfonamides is 1. The van der Waals surface area contributed by atoms with Gasteiger partial charge in [0.15, 0.2) is 0 Å². The highest BCUT2D eigenvalue weighted by molar-refractivity contribution is 9.10. The van der Waals surface area contributed by atoms with Crippen molar-refractivity contribution in [2.75, 3.05) is 0 Å². The SMILES string of the molecule is C=CC[C@@H](Cc1c[nH]c2ccccc12)NS(=O)(=O)c1cccc(Br)c1. The molecule has 0 aliphatic heterocycles. The molecule has 1 atom stereocenters. The van der Waals surface area contributed by atoms with E-state index in [1.54, 1.807) is 30.3 Å². The Balaban J connectivity index is 1.85. The molecule has 0 fully saturated rings. The van der Waals surface area contributed by atoms with Gasteiger partial charge in [0.05, 0.1) is 4.90 Å².